The molecular weight excluding hydrogens is 405 g/mol. The Hall–Kier alpha value is -1.34. The van der Waals surface area contributed by atoms with Gasteiger partial charge in [-0.2, -0.15) is 0 Å². The van der Waals surface area contributed by atoms with Gasteiger partial charge in [-0.3, -0.25) is 14.4 Å². The molecule has 0 spiro atoms. The second kappa shape index (κ2) is 11.4. The van der Waals surface area contributed by atoms with Crippen LogP contribution in [0.25, 0.3) is 0 Å². The third kappa shape index (κ3) is 9.97. The van der Waals surface area contributed by atoms with Crippen LogP contribution in [0.3, 0.4) is 0 Å². The summed E-state index contributed by atoms with van der Waals surface area (Å²) >= 11 is 16.4. The van der Waals surface area contributed by atoms with E-state index in [1.807, 2.05) is 0 Å². The summed E-state index contributed by atoms with van der Waals surface area (Å²) < 4.78 is 3.11. The zero-order valence-electron chi connectivity index (χ0n) is 13.9. The predicted octanol–water partition coefficient (Wildman–Crippen LogP) is 3.39. The molecule has 2 N–H and O–H groups in total. The lowest BCUT2D eigenvalue weighted by atomic mass is 10.0. The minimum atomic E-state index is -1.66. The van der Waals surface area contributed by atoms with Crippen LogP contribution in [-0.2, 0) is 14.3 Å². The van der Waals surface area contributed by atoms with Gasteiger partial charge in [0.05, 0.1) is 0 Å². The molecule has 1 rings (SSSR count). The number of halogens is 3. The molecule has 0 aliphatic heterocycles. The number of alkyl halides is 3. The SMILES string of the molecule is O=C(CCCNC(CCC(=O)c1ccccc1)C(=O)O)OCC(Cl)(Cl)Cl. The molecule has 9 heteroatoms. The molecule has 0 bridgehead atoms. The van der Waals surface area contributed by atoms with Crippen molar-refractivity contribution in [1.82, 2.24) is 5.32 Å². The summed E-state index contributed by atoms with van der Waals surface area (Å²) in [7, 11) is 0. The topological polar surface area (TPSA) is 92.7 Å². The predicted molar refractivity (Wildman–Crippen MR) is 99.9 cm³/mol. The van der Waals surface area contributed by atoms with E-state index < -0.39 is 21.8 Å². The highest BCUT2D eigenvalue weighted by molar-refractivity contribution is 6.67. The second-order valence-corrected chi connectivity index (χ2v) is 8.07. The quantitative estimate of drug-likeness (QED) is 0.245. The molecule has 1 unspecified atom stereocenters. The van der Waals surface area contributed by atoms with E-state index in [9.17, 15) is 19.5 Å². The fraction of sp³-hybridized carbons (Fsp3) is 0.471. The van der Waals surface area contributed by atoms with E-state index in [2.05, 4.69) is 5.32 Å². The molecule has 1 aromatic rings. The monoisotopic (exact) mass is 423 g/mol. The lowest BCUT2D eigenvalue weighted by Gasteiger charge is -2.14. The van der Waals surface area contributed by atoms with Crippen molar-refractivity contribution in [2.75, 3.05) is 13.2 Å². The lowest BCUT2D eigenvalue weighted by molar-refractivity contribution is -0.143. The van der Waals surface area contributed by atoms with Crippen molar-refractivity contribution in [3.63, 3.8) is 0 Å². The van der Waals surface area contributed by atoms with Crippen LogP contribution in [0.1, 0.15) is 36.0 Å². The van der Waals surface area contributed by atoms with E-state index in [-0.39, 0.29) is 38.2 Å². The Morgan fingerprint density at radius 3 is 2.35 bits per heavy atom. The maximum atomic E-state index is 12.0. The van der Waals surface area contributed by atoms with Gasteiger partial charge in [-0.05, 0) is 19.4 Å². The van der Waals surface area contributed by atoms with Crippen LogP contribution in [0.4, 0.5) is 0 Å². The molecule has 0 saturated heterocycles. The number of ether oxygens (including phenoxy) is 1. The van der Waals surface area contributed by atoms with E-state index >= 15 is 0 Å². The van der Waals surface area contributed by atoms with Gasteiger partial charge in [0.1, 0.15) is 12.6 Å². The number of rotatable bonds is 11. The van der Waals surface area contributed by atoms with Crippen molar-refractivity contribution < 1.29 is 24.2 Å². The molecule has 0 saturated carbocycles. The molecule has 1 atom stereocenters. The van der Waals surface area contributed by atoms with Crippen LogP contribution >= 0.6 is 34.8 Å². The van der Waals surface area contributed by atoms with Crippen LogP contribution in [0, 0.1) is 0 Å². The van der Waals surface area contributed by atoms with Gasteiger partial charge in [0.2, 0.25) is 3.79 Å². The highest BCUT2D eigenvalue weighted by atomic mass is 35.6. The molecule has 26 heavy (non-hydrogen) atoms. The average Bonchev–Trinajstić information content (AvgIpc) is 2.58. The van der Waals surface area contributed by atoms with E-state index in [4.69, 9.17) is 39.5 Å². The van der Waals surface area contributed by atoms with Crippen molar-refractivity contribution in [1.29, 1.82) is 0 Å². The molecule has 0 amide bonds. The fourth-order valence-corrected chi connectivity index (χ4v) is 2.26. The van der Waals surface area contributed by atoms with E-state index in [0.717, 1.165) is 0 Å². The summed E-state index contributed by atoms with van der Waals surface area (Å²) in [6, 6.07) is 7.81. The maximum absolute atomic E-state index is 12.0. The zero-order chi connectivity index (χ0) is 19.6. The van der Waals surface area contributed by atoms with Crippen LogP contribution in [0.5, 0.6) is 0 Å². The van der Waals surface area contributed by atoms with Gasteiger partial charge < -0.3 is 15.2 Å². The van der Waals surface area contributed by atoms with Crippen LogP contribution < -0.4 is 5.32 Å². The minimum Gasteiger partial charge on any atom is -0.480 e. The summed E-state index contributed by atoms with van der Waals surface area (Å²) in [5.41, 5.74) is 0.549. The molecule has 0 fully saturated rings. The number of hydrogen-bond acceptors (Lipinski definition) is 5. The summed E-state index contributed by atoms with van der Waals surface area (Å²) in [5, 5.41) is 12.0. The third-order valence-electron chi connectivity index (χ3n) is 3.40. The number of hydrogen-bond donors (Lipinski definition) is 2. The lowest BCUT2D eigenvalue weighted by Crippen LogP contribution is -2.37. The van der Waals surface area contributed by atoms with Gasteiger partial charge in [-0.25, -0.2) is 0 Å². The Kier molecular flexibility index (Phi) is 9.94. The number of ketones is 1. The first-order valence-corrected chi connectivity index (χ1v) is 9.09. The summed E-state index contributed by atoms with van der Waals surface area (Å²) in [6.07, 6.45) is 0.679. The van der Waals surface area contributed by atoms with Crippen molar-refractivity contribution in [3.05, 3.63) is 35.9 Å². The Balaban J connectivity index is 2.30. The molecule has 144 valence electrons. The van der Waals surface area contributed by atoms with Gasteiger partial charge >= 0.3 is 11.9 Å². The van der Waals surface area contributed by atoms with Gasteiger partial charge in [-0.15, -0.1) is 0 Å². The molecule has 1 aromatic carbocycles. The number of esters is 1. The molecule has 0 radical (unpaired) electrons. The first-order chi connectivity index (χ1) is 12.2. The Labute approximate surface area is 166 Å². The molecule has 6 nitrogen and oxygen atoms in total. The van der Waals surface area contributed by atoms with E-state index in [0.29, 0.717) is 12.0 Å². The van der Waals surface area contributed by atoms with E-state index in [1.165, 1.54) is 0 Å². The molecule has 0 heterocycles. The molecule has 0 aliphatic carbocycles. The fourth-order valence-electron chi connectivity index (χ4n) is 2.10. The van der Waals surface area contributed by atoms with Gasteiger partial charge in [0.15, 0.2) is 5.78 Å². The minimum absolute atomic E-state index is 0.0586. The third-order valence-corrected chi connectivity index (χ3v) is 3.73. The number of carbonyl (C=O) groups is 3. The van der Waals surface area contributed by atoms with Crippen molar-refractivity contribution in [2.24, 2.45) is 0 Å². The largest absolute Gasteiger partial charge is 0.480 e. The highest BCUT2D eigenvalue weighted by Crippen LogP contribution is 2.26. The second-order valence-electron chi connectivity index (χ2n) is 5.55. The number of carboxylic acid groups (broad SMARTS) is 1. The summed E-state index contributed by atoms with van der Waals surface area (Å²) in [6.45, 7) is -0.0668. The number of aliphatic carboxylic acids is 1. The first-order valence-electron chi connectivity index (χ1n) is 7.96. The summed E-state index contributed by atoms with van der Waals surface area (Å²) in [5.74, 6) is -1.71. The van der Waals surface area contributed by atoms with Gasteiger partial charge in [-0.1, -0.05) is 65.1 Å². The number of carboxylic acids is 1. The molecule has 0 aromatic heterocycles. The van der Waals surface area contributed by atoms with Gasteiger partial charge in [0.25, 0.3) is 0 Å². The summed E-state index contributed by atoms with van der Waals surface area (Å²) in [4.78, 5) is 34.8. The van der Waals surface area contributed by atoms with Crippen molar-refractivity contribution in [3.8, 4) is 0 Å². The molecule has 0 aliphatic rings. The van der Waals surface area contributed by atoms with E-state index in [1.54, 1.807) is 30.3 Å². The van der Waals surface area contributed by atoms with Crippen molar-refractivity contribution >= 4 is 52.5 Å². The van der Waals surface area contributed by atoms with Crippen LogP contribution in [-0.4, -0.2) is 45.8 Å². The van der Waals surface area contributed by atoms with Crippen LogP contribution in [0.15, 0.2) is 30.3 Å². The zero-order valence-corrected chi connectivity index (χ0v) is 16.2. The highest BCUT2D eigenvalue weighted by Gasteiger charge is 2.22. The number of carbonyl (C=O) groups excluding carboxylic acids is 2. The van der Waals surface area contributed by atoms with Crippen molar-refractivity contribution in [2.45, 2.75) is 35.5 Å². The number of Topliss-reactive ketones (excluding diaryl/α,β-unsaturated/α-hetero) is 1. The average molecular weight is 425 g/mol. The smallest absolute Gasteiger partial charge is 0.320 e. The maximum Gasteiger partial charge on any atom is 0.320 e. The molecular formula is C17H20Cl3NO5. The number of benzene rings is 1. The number of nitrogens with one attached hydrogen (secondary N) is 1. The van der Waals surface area contributed by atoms with Crippen LogP contribution in [0.2, 0.25) is 0 Å². The Morgan fingerprint density at radius 1 is 1.12 bits per heavy atom. The first kappa shape index (κ1) is 22.7. The standard InChI is InChI=1S/C17H20Cl3NO5/c18-17(19,20)11-26-15(23)7-4-10-21-13(16(24)25)8-9-14(22)12-5-2-1-3-6-12/h1-3,5-6,13,21H,4,7-11H2,(H,24,25). The Bertz CT molecular complexity index is 604. The normalized spacial score (nSPS) is 12.4. The Morgan fingerprint density at radius 2 is 1.77 bits per heavy atom. The van der Waals surface area contributed by atoms with Gasteiger partial charge in [0, 0.05) is 18.4 Å².